The predicted octanol–water partition coefficient (Wildman–Crippen LogP) is 3.24. The van der Waals surface area contributed by atoms with Gasteiger partial charge in [-0.1, -0.05) is 19.1 Å². The zero-order valence-electron chi connectivity index (χ0n) is 9.56. The molecule has 4 heteroatoms. The van der Waals surface area contributed by atoms with Gasteiger partial charge in [-0.25, -0.2) is 0 Å². The Kier molecular flexibility index (Phi) is 3.72. The number of aromatic nitrogens is 1. The van der Waals surface area contributed by atoms with Crippen molar-refractivity contribution in [3.8, 4) is 0 Å². The summed E-state index contributed by atoms with van der Waals surface area (Å²) in [6, 6.07) is 8.42. The maximum absolute atomic E-state index is 5.57. The number of hydrogen-bond donors (Lipinski definition) is 1. The normalized spacial score (nSPS) is 12.9. The second-order valence-electron chi connectivity index (χ2n) is 3.93. The van der Waals surface area contributed by atoms with E-state index in [1.807, 2.05) is 36.0 Å². The van der Waals surface area contributed by atoms with Crippen LogP contribution in [-0.4, -0.2) is 23.5 Å². The number of nitrogens with zero attached hydrogens (tertiary/aromatic N) is 1. The lowest BCUT2D eigenvalue weighted by Crippen LogP contribution is -2.13. The van der Waals surface area contributed by atoms with Crippen LogP contribution < -0.4 is 5.32 Å². The Hall–Kier alpha value is -1.16. The number of anilines is 1. The minimum absolute atomic E-state index is 0.616. The Bertz CT molecular complexity index is 422. The van der Waals surface area contributed by atoms with Gasteiger partial charge in [0.1, 0.15) is 5.52 Å². The van der Waals surface area contributed by atoms with Crippen molar-refractivity contribution in [1.82, 2.24) is 4.98 Å². The zero-order chi connectivity index (χ0) is 11.4. The Morgan fingerprint density at radius 2 is 2.25 bits per heavy atom. The summed E-state index contributed by atoms with van der Waals surface area (Å²) in [6.45, 7) is 3.11. The van der Waals surface area contributed by atoms with Crippen LogP contribution in [0.4, 0.5) is 6.01 Å². The number of thioether (sulfide) groups is 1. The first-order valence-corrected chi connectivity index (χ1v) is 6.77. The molecule has 1 atom stereocenters. The van der Waals surface area contributed by atoms with E-state index in [2.05, 4.69) is 23.5 Å². The van der Waals surface area contributed by atoms with Crippen molar-refractivity contribution < 1.29 is 4.42 Å². The third kappa shape index (κ3) is 2.70. The second kappa shape index (κ2) is 5.25. The smallest absolute Gasteiger partial charge is 0.295 e. The summed E-state index contributed by atoms with van der Waals surface area (Å²) in [6.07, 6.45) is 2.12. The van der Waals surface area contributed by atoms with E-state index in [4.69, 9.17) is 4.42 Å². The summed E-state index contributed by atoms with van der Waals surface area (Å²) in [4.78, 5) is 4.36. The van der Waals surface area contributed by atoms with Gasteiger partial charge in [0.2, 0.25) is 0 Å². The molecule has 1 aromatic heterocycles. The molecule has 0 saturated carbocycles. The molecule has 16 heavy (non-hydrogen) atoms. The van der Waals surface area contributed by atoms with Crippen LogP contribution in [0.1, 0.15) is 6.92 Å². The van der Waals surface area contributed by atoms with E-state index < -0.39 is 0 Å². The fraction of sp³-hybridized carbons (Fsp3) is 0.417. The lowest BCUT2D eigenvalue weighted by Gasteiger charge is -2.08. The van der Waals surface area contributed by atoms with Crippen molar-refractivity contribution in [3.63, 3.8) is 0 Å². The zero-order valence-corrected chi connectivity index (χ0v) is 10.4. The number of para-hydroxylation sites is 2. The van der Waals surface area contributed by atoms with Crippen molar-refractivity contribution in [3.05, 3.63) is 24.3 Å². The van der Waals surface area contributed by atoms with Crippen molar-refractivity contribution in [2.24, 2.45) is 5.92 Å². The lowest BCUT2D eigenvalue weighted by atomic mass is 10.2. The van der Waals surface area contributed by atoms with Crippen molar-refractivity contribution in [2.75, 3.05) is 23.9 Å². The minimum Gasteiger partial charge on any atom is -0.424 e. The van der Waals surface area contributed by atoms with Crippen LogP contribution in [-0.2, 0) is 0 Å². The summed E-state index contributed by atoms with van der Waals surface area (Å²) in [7, 11) is 0. The molecule has 1 N–H and O–H groups in total. The quantitative estimate of drug-likeness (QED) is 0.865. The number of nitrogens with one attached hydrogen (secondary N) is 1. The molecule has 0 bridgehead atoms. The fourth-order valence-electron chi connectivity index (χ4n) is 1.55. The third-order valence-electron chi connectivity index (χ3n) is 2.35. The van der Waals surface area contributed by atoms with Gasteiger partial charge >= 0.3 is 0 Å². The fourth-order valence-corrected chi connectivity index (χ4v) is 2.24. The van der Waals surface area contributed by atoms with Gasteiger partial charge in [-0.05, 0) is 30.1 Å². The molecule has 0 spiro atoms. The Labute approximate surface area is 99.6 Å². The molecule has 0 aliphatic carbocycles. The van der Waals surface area contributed by atoms with E-state index in [9.17, 15) is 0 Å². The van der Waals surface area contributed by atoms with Crippen molar-refractivity contribution in [2.45, 2.75) is 6.92 Å². The van der Waals surface area contributed by atoms with Crippen LogP contribution in [0.5, 0.6) is 0 Å². The Morgan fingerprint density at radius 1 is 1.44 bits per heavy atom. The average molecular weight is 236 g/mol. The highest BCUT2D eigenvalue weighted by atomic mass is 32.2. The maximum atomic E-state index is 5.57. The van der Waals surface area contributed by atoms with Gasteiger partial charge in [-0.3, -0.25) is 0 Å². The van der Waals surface area contributed by atoms with E-state index in [1.165, 1.54) is 0 Å². The summed E-state index contributed by atoms with van der Waals surface area (Å²) in [5.74, 6) is 1.76. The Balaban J connectivity index is 1.99. The molecule has 0 fully saturated rings. The van der Waals surface area contributed by atoms with Crippen LogP contribution in [0.2, 0.25) is 0 Å². The molecule has 1 aromatic carbocycles. The number of hydrogen-bond acceptors (Lipinski definition) is 4. The van der Waals surface area contributed by atoms with E-state index in [1.54, 1.807) is 0 Å². The topological polar surface area (TPSA) is 38.1 Å². The first-order valence-electron chi connectivity index (χ1n) is 5.38. The standard InChI is InChI=1S/C12H16N2OS/c1-9(8-16-2)7-13-12-14-10-5-3-4-6-11(10)15-12/h3-6,9H,7-8H2,1-2H3,(H,13,14). The van der Waals surface area contributed by atoms with Gasteiger partial charge in [0, 0.05) is 6.54 Å². The molecule has 0 aliphatic heterocycles. The Morgan fingerprint density at radius 3 is 3.00 bits per heavy atom. The molecule has 86 valence electrons. The molecular weight excluding hydrogens is 220 g/mol. The van der Waals surface area contributed by atoms with E-state index in [-0.39, 0.29) is 0 Å². The highest BCUT2D eigenvalue weighted by Crippen LogP contribution is 2.18. The number of rotatable bonds is 5. The van der Waals surface area contributed by atoms with Gasteiger partial charge in [-0.2, -0.15) is 16.7 Å². The molecule has 0 saturated heterocycles. The monoisotopic (exact) mass is 236 g/mol. The minimum atomic E-state index is 0.616. The van der Waals surface area contributed by atoms with E-state index in [0.717, 1.165) is 23.4 Å². The highest BCUT2D eigenvalue weighted by molar-refractivity contribution is 7.98. The molecule has 3 nitrogen and oxygen atoms in total. The first kappa shape index (κ1) is 11.3. The van der Waals surface area contributed by atoms with Crippen LogP contribution in [0.3, 0.4) is 0 Å². The SMILES string of the molecule is CSCC(C)CNc1nc2ccccc2o1. The van der Waals surface area contributed by atoms with Crippen LogP contribution in [0.25, 0.3) is 11.1 Å². The number of oxazole rings is 1. The number of fused-ring (bicyclic) bond motifs is 1. The van der Waals surface area contributed by atoms with Gasteiger partial charge in [0.25, 0.3) is 6.01 Å². The van der Waals surface area contributed by atoms with Gasteiger partial charge in [0.05, 0.1) is 0 Å². The van der Waals surface area contributed by atoms with Crippen molar-refractivity contribution >= 4 is 28.9 Å². The molecular formula is C12H16N2OS. The van der Waals surface area contributed by atoms with Gasteiger partial charge in [-0.15, -0.1) is 0 Å². The summed E-state index contributed by atoms with van der Waals surface area (Å²) >= 11 is 1.86. The highest BCUT2D eigenvalue weighted by Gasteiger charge is 2.06. The summed E-state index contributed by atoms with van der Waals surface area (Å²) < 4.78 is 5.57. The molecule has 1 heterocycles. The maximum Gasteiger partial charge on any atom is 0.295 e. The molecule has 0 aliphatic rings. The molecule has 0 radical (unpaired) electrons. The third-order valence-corrected chi connectivity index (χ3v) is 3.25. The van der Waals surface area contributed by atoms with Crippen LogP contribution in [0, 0.1) is 5.92 Å². The number of benzene rings is 1. The largest absolute Gasteiger partial charge is 0.424 e. The average Bonchev–Trinajstić information content (AvgIpc) is 2.69. The van der Waals surface area contributed by atoms with Gasteiger partial charge in [0.15, 0.2) is 5.58 Å². The molecule has 1 unspecified atom stereocenters. The predicted molar refractivity (Wildman–Crippen MR) is 70.0 cm³/mol. The summed E-state index contributed by atoms with van der Waals surface area (Å²) in [5, 5.41) is 3.23. The van der Waals surface area contributed by atoms with Gasteiger partial charge < -0.3 is 9.73 Å². The second-order valence-corrected chi connectivity index (χ2v) is 4.84. The van der Waals surface area contributed by atoms with Crippen molar-refractivity contribution in [1.29, 1.82) is 0 Å². The van der Waals surface area contributed by atoms with Crippen LogP contribution in [0.15, 0.2) is 28.7 Å². The summed E-state index contributed by atoms with van der Waals surface area (Å²) in [5.41, 5.74) is 1.74. The van der Waals surface area contributed by atoms with E-state index in [0.29, 0.717) is 11.9 Å². The van der Waals surface area contributed by atoms with E-state index >= 15 is 0 Å². The molecule has 0 amide bonds. The van der Waals surface area contributed by atoms with Crippen LogP contribution >= 0.6 is 11.8 Å². The first-order chi connectivity index (χ1) is 7.79. The molecule has 2 aromatic rings. The molecule has 2 rings (SSSR count). The lowest BCUT2D eigenvalue weighted by molar-refractivity contribution is 0.598.